The van der Waals surface area contributed by atoms with Crippen LogP contribution in [0.3, 0.4) is 0 Å². The molecule has 0 amide bonds. The first-order valence-corrected chi connectivity index (χ1v) is 6.47. The summed E-state index contributed by atoms with van der Waals surface area (Å²) in [5, 5.41) is 11.1. The largest absolute Gasteiger partial charge is 0.312 e. The molecule has 0 unspecified atom stereocenters. The lowest BCUT2D eigenvalue weighted by Crippen LogP contribution is -2.43. The Hall–Kier alpha value is -1.23. The molecule has 1 saturated heterocycles. The Kier molecular flexibility index (Phi) is 4.25. The zero-order valence-corrected chi connectivity index (χ0v) is 10.4. The molecule has 2 rings (SSSR count). The molecule has 0 aliphatic carbocycles. The Morgan fingerprint density at radius 3 is 2.94 bits per heavy atom. The highest BCUT2D eigenvalue weighted by atomic mass is 16.1. The van der Waals surface area contributed by atoms with Crippen molar-refractivity contribution in [1.82, 2.24) is 20.3 Å². The molecule has 1 aromatic heterocycles. The van der Waals surface area contributed by atoms with Gasteiger partial charge < -0.3 is 5.32 Å². The average Bonchev–Trinajstić information content (AvgIpc) is 2.71. The van der Waals surface area contributed by atoms with Crippen LogP contribution in [0.4, 0.5) is 0 Å². The maximum atomic E-state index is 11.8. The molecular formula is C12H20N4O. The molecule has 1 aliphatic heterocycles. The summed E-state index contributed by atoms with van der Waals surface area (Å²) in [7, 11) is 0. The fraction of sp³-hybridized carbons (Fsp3) is 0.750. The second-order valence-corrected chi connectivity index (χ2v) is 4.63. The molecule has 17 heavy (non-hydrogen) atoms. The van der Waals surface area contributed by atoms with Crippen LogP contribution in [0.2, 0.25) is 0 Å². The monoisotopic (exact) mass is 236 g/mol. The second kappa shape index (κ2) is 5.91. The molecule has 2 heterocycles. The lowest BCUT2D eigenvalue weighted by molar-refractivity contribution is 0.0974. The van der Waals surface area contributed by atoms with Gasteiger partial charge in [0.25, 0.3) is 0 Å². The number of nitrogens with zero attached hydrogens (tertiary/aromatic N) is 3. The van der Waals surface area contributed by atoms with Gasteiger partial charge in [-0.25, -0.2) is 4.68 Å². The number of carbonyl (C=O) groups is 1. The molecule has 0 saturated carbocycles. The average molecular weight is 236 g/mol. The summed E-state index contributed by atoms with van der Waals surface area (Å²) < 4.78 is 1.80. The van der Waals surface area contributed by atoms with Crippen molar-refractivity contribution in [1.29, 1.82) is 0 Å². The van der Waals surface area contributed by atoms with E-state index in [1.807, 2.05) is 0 Å². The van der Waals surface area contributed by atoms with Gasteiger partial charge >= 0.3 is 0 Å². The Morgan fingerprint density at radius 2 is 2.29 bits per heavy atom. The summed E-state index contributed by atoms with van der Waals surface area (Å²) >= 11 is 0. The molecule has 1 aliphatic rings. The highest BCUT2D eigenvalue weighted by molar-refractivity contribution is 5.93. The van der Waals surface area contributed by atoms with Gasteiger partial charge in [0, 0.05) is 19.5 Å². The van der Waals surface area contributed by atoms with Crippen molar-refractivity contribution in [2.24, 2.45) is 0 Å². The van der Waals surface area contributed by atoms with E-state index in [1.165, 1.54) is 12.8 Å². The van der Waals surface area contributed by atoms with Gasteiger partial charge in [-0.2, -0.15) is 0 Å². The van der Waals surface area contributed by atoms with Crippen LogP contribution < -0.4 is 5.32 Å². The first-order chi connectivity index (χ1) is 8.31. The maximum Gasteiger partial charge on any atom is 0.184 e. The number of hydrogen-bond donors (Lipinski definition) is 1. The van der Waals surface area contributed by atoms with Gasteiger partial charge in [0.1, 0.15) is 5.69 Å². The zero-order valence-electron chi connectivity index (χ0n) is 10.4. The quantitative estimate of drug-likeness (QED) is 0.576. The van der Waals surface area contributed by atoms with Crippen LogP contribution in [0.1, 0.15) is 55.6 Å². The van der Waals surface area contributed by atoms with Gasteiger partial charge in [-0.05, 0) is 6.42 Å². The van der Waals surface area contributed by atoms with E-state index in [0.29, 0.717) is 18.2 Å². The molecule has 94 valence electrons. The number of nitrogens with one attached hydrogen (secondary N) is 1. The van der Waals surface area contributed by atoms with Crippen molar-refractivity contribution >= 4 is 5.78 Å². The van der Waals surface area contributed by atoms with Crippen molar-refractivity contribution < 1.29 is 4.79 Å². The van der Waals surface area contributed by atoms with Crippen LogP contribution in [0, 0.1) is 0 Å². The number of carbonyl (C=O) groups excluding carboxylic acids is 1. The molecule has 0 aromatic carbocycles. The minimum absolute atomic E-state index is 0.125. The van der Waals surface area contributed by atoms with E-state index in [2.05, 4.69) is 22.6 Å². The minimum atomic E-state index is 0.125. The molecule has 0 spiro atoms. The summed E-state index contributed by atoms with van der Waals surface area (Å²) in [5.41, 5.74) is 0.522. The third-order valence-corrected chi connectivity index (χ3v) is 3.19. The summed E-state index contributed by atoms with van der Waals surface area (Å²) in [6.45, 7) is 4.01. The molecule has 1 fully saturated rings. The van der Waals surface area contributed by atoms with Gasteiger partial charge in [-0.1, -0.05) is 31.4 Å². The summed E-state index contributed by atoms with van der Waals surface area (Å²) in [6.07, 6.45) is 6.87. The van der Waals surface area contributed by atoms with E-state index in [4.69, 9.17) is 0 Å². The SMILES string of the molecule is CCCCCCC(=O)c1cn(C2CNC2)nn1. The lowest BCUT2D eigenvalue weighted by atomic mass is 10.1. The predicted molar refractivity (Wildman–Crippen MR) is 65.0 cm³/mol. The molecular weight excluding hydrogens is 216 g/mol. The number of ketones is 1. The van der Waals surface area contributed by atoms with Gasteiger partial charge in [0.05, 0.1) is 12.2 Å². The topological polar surface area (TPSA) is 59.8 Å². The van der Waals surface area contributed by atoms with Crippen LogP contribution in [0.25, 0.3) is 0 Å². The molecule has 5 nitrogen and oxygen atoms in total. The van der Waals surface area contributed by atoms with Gasteiger partial charge in [-0.3, -0.25) is 4.79 Å². The van der Waals surface area contributed by atoms with Crippen LogP contribution >= 0.6 is 0 Å². The Labute approximate surface area is 102 Å². The van der Waals surface area contributed by atoms with Crippen molar-refractivity contribution in [3.8, 4) is 0 Å². The van der Waals surface area contributed by atoms with Gasteiger partial charge in [0.15, 0.2) is 5.78 Å². The Morgan fingerprint density at radius 1 is 1.47 bits per heavy atom. The van der Waals surface area contributed by atoms with Crippen LogP contribution in [0.15, 0.2) is 6.20 Å². The van der Waals surface area contributed by atoms with Crippen molar-refractivity contribution in [2.45, 2.75) is 45.1 Å². The first-order valence-electron chi connectivity index (χ1n) is 6.47. The number of rotatable bonds is 7. The van der Waals surface area contributed by atoms with Gasteiger partial charge in [0.2, 0.25) is 0 Å². The first kappa shape index (κ1) is 12.2. The van der Waals surface area contributed by atoms with E-state index >= 15 is 0 Å². The molecule has 0 bridgehead atoms. The molecule has 1 N–H and O–H groups in total. The number of hydrogen-bond acceptors (Lipinski definition) is 4. The molecule has 0 atom stereocenters. The summed E-state index contributed by atoms with van der Waals surface area (Å²) in [6, 6.07) is 0.379. The van der Waals surface area contributed by atoms with E-state index in [0.717, 1.165) is 25.9 Å². The standard InChI is InChI=1S/C12H20N4O/c1-2-3-4-5-6-12(17)11-9-16(15-14-11)10-7-13-8-10/h9-10,13H,2-8H2,1H3. The van der Waals surface area contributed by atoms with E-state index < -0.39 is 0 Å². The minimum Gasteiger partial charge on any atom is -0.312 e. The summed E-state index contributed by atoms with van der Waals surface area (Å²) in [4.78, 5) is 11.8. The van der Waals surface area contributed by atoms with Gasteiger partial charge in [-0.15, -0.1) is 5.10 Å². The Bertz CT molecular complexity index is 370. The normalized spacial score (nSPS) is 15.8. The fourth-order valence-electron chi connectivity index (χ4n) is 1.88. The smallest absolute Gasteiger partial charge is 0.184 e. The molecule has 0 radical (unpaired) electrons. The van der Waals surface area contributed by atoms with Crippen molar-refractivity contribution in [2.75, 3.05) is 13.1 Å². The number of Topliss-reactive ketones (excluding diaryl/α,β-unsaturated/α-hetero) is 1. The van der Waals surface area contributed by atoms with Crippen molar-refractivity contribution in [3.63, 3.8) is 0 Å². The molecule has 5 heteroatoms. The third-order valence-electron chi connectivity index (χ3n) is 3.19. The van der Waals surface area contributed by atoms with E-state index in [1.54, 1.807) is 10.9 Å². The second-order valence-electron chi connectivity index (χ2n) is 4.63. The van der Waals surface area contributed by atoms with Crippen LogP contribution in [0.5, 0.6) is 0 Å². The number of aromatic nitrogens is 3. The zero-order chi connectivity index (χ0) is 12.1. The van der Waals surface area contributed by atoms with E-state index in [9.17, 15) is 4.79 Å². The lowest BCUT2D eigenvalue weighted by Gasteiger charge is -2.26. The predicted octanol–water partition coefficient (Wildman–Crippen LogP) is 1.58. The fourth-order valence-corrected chi connectivity index (χ4v) is 1.88. The van der Waals surface area contributed by atoms with E-state index in [-0.39, 0.29) is 5.78 Å². The third kappa shape index (κ3) is 3.12. The molecule has 1 aromatic rings. The van der Waals surface area contributed by atoms with Crippen LogP contribution in [-0.4, -0.2) is 33.9 Å². The maximum absolute atomic E-state index is 11.8. The number of unbranched alkanes of at least 4 members (excludes halogenated alkanes) is 3. The van der Waals surface area contributed by atoms with Crippen LogP contribution in [-0.2, 0) is 0 Å². The Balaban J connectivity index is 1.80. The highest BCUT2D eigenvalue weighted by Gasteiger charge is 2.21. The van der Waals surface area contributed by atoms with Crippen molar-refractivity contribution in [3.05, 3.63) is 11.9 Å². The summed E-state index contributed by atoms with van der Waals surface area (Å²) in [5.74, 6) is 0.125. The highest BCUT2D eigenvalue weighted by Crippen LogP contribution is 2.12.